The predicted octanol–water partition coefficient (Wildman–Crippen LogP) is 4.01. The molecule has 1 aliphatic heterocycles. The first-order valence-electron chi connectivity index (χ1n) is 9.29. The van der Waals surface area contributed by atoms with Gasteiger partial charge in [0.25, 0.3) is 0 Å². The molecule has 0 bridgehead atoms. The molecule has 0 aliphatic carbocycles. The fourth-order valence-electron chi connectivity index (χ4n) is 4.48. The number of hydrogen-bond acceptors (Lipinski definition) is 5. The third-order valence-electron chi connectivity index (χ3n) is 5.77. The summed E-state index contributed by atoms with van der Waals surface area (Å²) >= 11 is 0. The highest BCUT2D eigenvalue weighted by Crippen LogP contribution is 2.46. The molecule has 1 N–H and O–H groups in total. The van der Waals surface area contributed by atoms with E-state index in [-0.39, 0.29) is 9.85 Å². The van der Waals surface area contributed by atoms with E-state index in [4.69, 9.17) is 0 Å². The zero-order chi connectivity index (χ0) is 20.6. The molecule has 4 atom stereocenters. The number of aryl methyl sites for hydroxylation is 2. The molecule has 28 heavy (non-hydrogen) atoms. The summed E-state index contributed by atoms with van der Waals surface area (Å²) in [6.45, 7) is 7.13. The molecule has 0 amide bonds. The Balaban J connectivity index is 2.18. The van der Waals surface area contributed by atoms with E-state index < -0.39 is 29.6 Å². The largest absolute Gasteiger partial charge is 0.291 e. The summed E-state index contributed by atoms with van der Waals surface area (Å²) in [7, 11) is 0. The quantitative estimate of drug-likeness (QED) is 0.635. The van der Waals surface area contributed by atoms with Gasteiger partial charge in [-0.15, -0.1) is 0 Å². The summed E-state index contributed by atoms with van der Waals surface area (Å²) in [5.41, 5.74) is 2.36. The van der Waals surface area contributed by atoms with E-state index in [2.05, 4.69) is 5.32 Å². The molecule has 2 aromatic carbocycles. The number of nitro groups is 2. The summed E-state index contributed by atoms with van der Waals surface area (Å²) < 4.78 is 0. The lowest BCUT2D eigenvalue weighted by atomic mass is 9.66. The van der Waals surface area contributed by atoms with Crippen molar-refractivity contribution >= 4 is 0 Å². The van der Waals surface area contributed by atoms with Crippen LogP contribution >= 0.6 is 0 Å². The monoisotopic (exact) mass is 383 g/mol. The van der Waals surface area contributed by atoms with Gasteiger partial charge in [-0.05, 0) is 38.8 Å². The molecule has 3 rings (SSSR count). The average Bonchev–Trinajstić information content (AvgIpc) is 2.59. The Morgan fingerprint density at radius 2 is 1.21 bits per heavy atom. The molecule has 0 unspecified atom stereocenters. The van der Waals surface area contributed by atoms with Gasteiger partial charge in [-0.1, -0.05) is 59.7 Å². The first-order chi connectivity index (χ1) is 13.1. The van der Waals surface area contributed by atoms with Crippen LogP contribution in [0.5, 0.6) is 0 Å². The van der Waals surface area contributed by atoms with Crippen LogP contribution in [0.15, 0.2) is 48.5 Å². The van der Waals surface area contributed by atoms with Crippen LogP contribution in [-0.4, -0.2) is 21.9 Å². The van der Waals surface area contributed by atoms with Crippen LogP contribution in [0.3, 0.4) is 0 Å². The zero-order valence-electron chi connectivity index (χ0n) is 16.5. The van der Waals surface area contributed by atoms with E-state index in [0.717, 1.165) is 22.3 Å². The van der Waals surface area contributed by atoms with Crippen molar-refractivity contribution in [3.05, 3.63) is 91.0 Å². The zero-order valence-corrected chi connectivity index (χ0v) is 16.5. The van der Waals surface area contributed by atoms with Gasteiger partial charge in [-0.3, -0.25) is 25.5 Å². The van der Waals surface area contributed by atoms with Crippen molar-refractivity contribution in [2.45, 2.75) is 51.9 Å². The second kappa shape index (κ2) is 7.31. The van der Waals surface area contributed by atoms with Crippen molar-refractivity contribution in [2.75, 3.05) is 0 Å². The fourth-order valence-corrected chi connectivity index (χ4v) is 4.48. The molecule has 1 fully saturated rings. The summed E-state index contributed by atoms with van der Waals surface area (Å²) in [4.78, 5) is 23.3. The number of nitrogens with zero attached hydrogens (tertiary/aromatic N) is 2. The van der Waals surface area contributed by atoms with Crippen molar-refractivity contribution in [3.63, 3.8) is 0 Å². The second-order valence-corrected chi connectivity index (χ2v) is 8.23. The molecule has 1 saturated heterocycles. The Morgan fingerprint density at radius 3 is 1.54 bits per heavy atom. The number of benzene rings is 2. The van der Waals surface area contributed by atoms with Crippen LogP contribution in [0, 0.1) is 39.5 Å². The Kier molecular flexibility index (Phi) is 5.21. The first-order valence-corrected chi connectivity index (χ1v) is 9.29. The molecule has 7 nitrogen and oxygen atoms in total. The SMILES string of the molecule is Cc1cccc([C@@H]2N[C@@H](c3cccc(C)c3)[C@@H]([N+](=O)[O-])C(C)(C)[C@@H]2[N+](=O)[O-])c1. The highest BCUT2D eigenvalue weighted by atomic mass is 16.6. The normalized spacial score (nSPS) is 26.6. The lowest BCUT2D eigenvalue weighted by Crippen LogP contribution is -2.63. The van der Waals surface area contributed by atoms with Crippen molar-refractivity contribution in [3.8, 4) is 0 Å². The maximum atomic E-state index is 12.0. The molecule has 148 valence electrons. The molecule has 0 saturated carbocycles. The maximum Gasteiger partial charge on any atom is 0.243 e. The number of piperidine rings is 1. The van der Waals surface area contributed by atoms with Gasteiger partial charge in [0.1, 0.15) is 17.5 Å². The van der Waals surface area contributed by atoms with Gasteiger partial charge in [0.2, 0.25) is 12.1 Å². The fraction of sp³-hybridized carbons (Fsp3) is 0.429. The molecule has 7 heteroatoms. The van der Waals surface area contributed by atoms with Crippen molar-refractivity contribution in [2.24, 2.45) is 5.41 Å². The van der Waals surface area contributed by atoms with Gasteiger partial charge >= 0.3 is 0 Å². The number of nitrogens with one attached hydrogen (secondary N) is 1. The van der Waals surface area contributed by atoms with E-state index >= 15 is 0 Å². The maximum absolute atomic E-state index is 12.0. The standard InChI is InChI=1S/C21H25N3O4/c1-13-7-5-9-15(11-13)17-19(23(25)26)21(3,4)20(24(27)28)18(22-17)16-10-6-8-14(2)12-16/h5-12,17-20,22H,1-4H3/t17-,18-,19+,20+/m0/s1. The number of hydrogen-bond donors (Lipinski definition) is 1. The van der Waals surface area contributed by atoms with E-state index in [1.807, 2.05) is 62.4 Å². The summed E-state index contributed by atoms with van der Waals surface area (Å²) in [5, 5.41) is 27.4. The lowest BCUT2D eigenvalue weighted by Gasteiger charge is -2.44. The van der Waals surface area contributed by atoms with Crippen molar-refractivity contribution in [1.29, 1.82) is 0 Å². The van der Waals surface area contributed by atoms with Crippen LogP contribution in [0.1, 0.15) is 48.2 Å². The minimum Gasteiger partial charge on any atom is -0.291 e. The van der Waals surface area contributed by atoms with Gasteiger partial charge in [0.05, 0.1) is 0 Å². The lowest BCUT2D eigenvalue weighted by molar-refractivity contribution is -0.605. The number of rotatable bonds is 4. The van der Waals surface area contributed by atoms with Crippen molar-refractivity contribution < 1.29 is 9.85 Å². The first kappa shape index (κ1) is 19.9. The Hall–Kier alpha value is -2.80. The highest BCUT2D eigenvalue weighted by Gasteiger charge is 2.62. The smallest absolute Gasteiger partial charge is 0.243 e. The van der Waals surface area contributed by atoms with Crippen LogP contribution in [0.2, 0.25) is 0 Å². The van der Waals surface area contributed by atoms with Gasteiger partial charge in [-0.2, -0.15) is 0 Å². The van der Waals surface area contributed by atoms with Gasteiger partial charge in [-0.25, -0.2) is 0 Å². The van der Waals surface area contributed by atoms with Gasteiger partial charge in [0.15, 0.2) is 0 Å². The minimum absolute atomic E-state index is 0.372. The second-order valence-electron chi connectivity index (χ2n) is 8.23. The van der Waals surface area contributed by atoms with Gasteiger partial charge < -0.3 is 0 Å². The van der Waals surface area contributed by atoms with E-state index in [9.17, 15) is 20.2 Å². The van der Waals surface area contributed by atoms with Crippen LogP contribution in [0.25, 0.3) is 0 Å². The Labute approximate surface area is 164 Å². The average molecular weight is 383 g/mol. The van der Waals surface area contributed by atoms with Crippen LogP contribution < -0.4 is 5.32 Å². The summed E-state index contributed by atoms with van der Waals surface area (Å²) in [5.74, 6) is 0. The third kappa shape index (κ3) is 3.49. The van der Waals surface area contributed by atoms with Crippen molar-refractivity contribution in [1.82, 2.24) is 5.32 Å². The molecular formula is C21H25N3O4. The molecule has 1 aliphatic rings. The minimum atomic E-state index is -1.17. The van der Waals surface area contributed by atoms with Crippen LogP contribution in [-0.2, 0) is 0 Å². The van der Waals surface area contributed by atoms with Gasteiger partial charge in [0, 0.05) is 9.85 Å². The van der Waals surface area contributed by atoms with Crippen LogP contribution in [0.4, 0.5) is 0 Å². The topological polar surface area (TPSA) is 98.3 Å². The molecule has 0 aromatic heterocycles. The molecule has 1 heterocycles. The van der Waals surface area contributed by atoms with E-state index in [1.165, 1.54) is 0 Å². The molecular weight excluding hydrogens is 358 g/mol. The predicted molar refractivity (Wildman–Crippen MR) is 106 cm³/mol. The van der Waals surface area contributed by atoms with E-state index in [0.29, 0.717) is 0 Å². The summed E-state index contributed by atoms with van der Waals surface area (Å²) in [6, 6.07) is 11.5. The van der Waals surface area contributed by atoms with E-state index in [1.54, 1.807) is 13.8 Å². The summed E-state index contributed by atoms with van der Waals surface area (Å²) in [6.07, 6.45) is 0. The molecule has 0 radical (unpaired) electrons. The third-order valence-corrected chi connectivity index (χ3v) is 5.77. The molecule has 0 spiro atoms. The Morgan fingerprint density at radius 1 is 0.821 bits per heavy atom. The molecule has 2 aromatic rings. The Bertz CT molecular complexity index is 841. The highest BCUT2D eigenvalue weighted by molar-refractivity contribution is 5.32.